The molecule has 1 unspecified atom stereocenters. The van der Waals surface area contributed by atoms with Gasteiger partial charge in [0.25, 0.3) is 0 Å². The molecule has 0 aliphatic carbocycles. The molecule has 0 bridgehead atoms. The van der Waals surface area contributed by atoms with Gasteiger partial charge >= 0.3 is 0 Å². The van der Waals surface area contributed by atoms with E-state index >= 15 is 0 Å². The molecular formula is C20H28ClNO2S. The van der Waals surface area contributed by atoms with Gasteiger partial charge in [0.1, 0.15) is 0 Å². The summed E-state index contributed by atoms with van der Waals surface area (Å²) < 4.78 is 0. The van der Waals surface area contributed by atoms with Crippen molar-refractivity contribution < 1.29 is 9.90 Å². The summed E-state index contributed by atoms with van der Waals surface area (Å²) in [5.74, 6) is 0.233. The van der Waals surface area contributed by atoms with Gasteiger partial charge in [0, 0.05) is 16.8 Å². The van der Waals surface area contributed by atoms with E-state index in [0.717, 1.165) is 35.4 Å². The first-order chi connectivity index (χ1) is 11.5. The Morgan fingerprint density at radius 1 is 1.12 bits per heavy atom. The Morgan fingerprint density at radius 3 is 2.52 bits per heavy atom. The topological polar surface area (TPSA) is 63.3 Å². The van der Waals surface area contributed by atoms with E-state index in [0.29, 0.717) is 12.8 Å². The summed E-state index contributed by atoms with van der Waals surface area (Å²) in [4.78, 5) is 14.3. The van der Waals surface area contributed by atoms with E-state index < -0.39 is 5.54 Å². The average Bonchev–Trinajstić information content (AvgIpc) is 3.07. The van der Waals surface area contributed by atoms with Crippen LogP contribution in [0.15, 0.2) is 42.5 Å². The molecule has 0 spiro atoms. The molecule has 5 heteroatoms. The lowest BCUT2D eigenvalue weighted by molar-refractivity contribution is 0.0983. The maximum atomic E-state index is 12.3. The van der Waals surface area contributed by atoms with Crippen LogP contribution in [-0.4, -0.2) is 23.0 Å². The van der Waals surface area contributed by atoms with E-state index in [-0.39, 0.29) is 24.8 Å². The van der Waals surface area contributed by atoms with E-state index in [1.54, 1.807) is 11.3 Å². The Balaban J connectivity index is 0.00000312. The molecule has 2 aromatic rings. The smallest absolute Gasteiger partial charge is 0.172 e. The molecule has 0 aliphatic rings. The molecule has 0 radical (unpaired) electrons. The summed E-state index contributed by atoms with van der Waals surface area (Å²) in [6, 6.07) is 14.3. The predicted octanol–water partition coefficient (Wildman–Crippen LogP) is 4.41. The van der Waals surface area contributed by atoms with Crippen LogP contribution in [0.1, 0.15) is 52.7 Å². The zero-order valence-electron chi connectivity index (χ0n) is 14.7. The minimum atomic E-state index is -0.550. The lowest BCUT2D eigenvalue weighted by atomic mass is 9.98. The number of aliphatic hydroxyl groups excluding tert-OH is 1. The predicted molar refractivity (Wildman–Crippen MR) is 108 cm³/mol. The third-order valence-electron chi connectivity index (χ3n) is 4.20. The summed E-state index contributed by atoms with van der Waals surface area (Å²) in [7, 11) is 0. The third-order valence-corrected chi connectivity index (χ3v) is 5.39. The average molecular weight is 382 g/mol. The van der Waals surface area contributed by atoms with Gasteiger partial charge in [-0.1, -0.05) is 30.3 Å². The molecule has 138 valence electrons. The fourth-order valence-corrected chi connectivity index (χ4v) is 3.51. The van der Waals surface area contributed by atoms with Gasteiger partial charge in [0.2, 0.25) is 0 Å². The highest BCUT2D eigenvalue weighted by Crippen LogP contribution is 2.22. The second-order valence-electron chi connectivity index (χ2n) is 6.69. The molecule has 0 amide bonds. The van der Waals surface area contributed by atoms with Crippen LogP contribution in [0.5, 0.6) is 0 Å². The van der Waals surface area contributed by atoms with Gasteiger partial charge in [-0.2, -0.15) is 0 Å². The molecule has 0 saturated heterocycles. The van der Waals surface area contributed by atoms with Crippen molar-refractivity contribution in [1.82, 2.24) is 0 Å². The highest BCUT2D eigenvalue weighted by molar-refractivity contribution is 7.14. The summed E-state index contributed by atoms with van der Waals surface area (Å²) in [6.07, 6.45) is 5.12. The van der Waals surface area contributed by atoms with Crippen molar-refractivity contribution in [1.29, 1.82) is 0 Å². The largest absolute Gasteiger partial charge is 0.394 e. The Hall–Kier alpha value is -1.20. The number of Topliss-reactive ketones (excluding diaryl/α,β-unsaturated/α-hetero) is 1. The van der Waals surface area contributed by atoms with Gasteiger partial charge in [0.05, 0.1) is 11.5 Å². The molecule has 0 saturated carbocycles. The van der Waals surface area contributed by atoms with E-state index in [2.05, 4.69) is 24.3 Å². The number of nitrogens with two attached hydrogens (primary N) is 1. The van der Waals surface area contributed by atoms with Crippen LogP contribution < -0.4 is 5.73 Å². The maximum absolute atomic E-state index is 12.3. The van der Waals surface area contributed by atoms with Crippen molar-refractivity contribution in [2.24, 2.45) is 5.73 Å². The third kappa shape index (κ3) is 7.70. The summed E-state index contributed by atoms with van der Waals surface area (Å²) in [5.41, 5.74) is 6.73. The van der Waals surface area contributed by atoms with E-state index in [9.17, 15) is 9.90 Å². The molecule has 3 N–H and O–H groups in total. The van der Waals surface area contributed by atoms with Crippen LogP contribution in [-0.2, 0) is 12.8 Å². The minimum absolute atomic E-state index is 0. The number of hydrogen-bond acceptors (Lipinski definition) is 4. The van der Waals surface area contributed by atoms with E-state index in [1.807, 2.05) is 25.1 Å². The van der Waals surface area contributed by atoms with Crippen molar-refractivity contribution in [3.63, 3.8) is 0 Å². The first-order valence-corrected chi connectivity index (χ1v) is 9.37. The summed E-state index contributed by atoms with van der Waals surface area (Å²) in [6.45, 7) is 1.82. The number of carbonyl (C=O) groups excluding carboxylic acids is 1. The number of thiophene rings is 1. The zero-order chi connectivity index (χ0) is 17.4. The minimum Gasteiger partial charge on any atom is -0.394 e. The number of benzene rings is 1. The van der Waals surface area contributed by atoms with E-state index in [4.69, 9.17) is 5.73 Å². The maximum Gasteiger partial charge on any atom is 0.172 e. The molecule has 0 aliphatic heterocycles. The van der Waals surface area contributed by atoms with Crippen LogP contribution in [0.3, 0.4) is 0 Å². The molecule has 1 aromatic carbocycles. The van der Waals surface area contributed by atoms with Crippen LogP contribution >= 0.6 is 23.7 Å². The fraction of sp³-hybridized carbons (Fsp3) is 0.450. The van der Waals surface area contributed by atoms with E-state index in [1.165, 1.54) is 5.56 Å². The number of unbranched alkanes of at least 4 members (excludes halogenated alkanes) is 1. The van der Waals surface area contributed by atoms with Crippen molar-refractivity contribution in [3.05, 3.63) is 57.8 Å². The monoisotopic (exact) mass is 381 g/mol. The second kappa shape index (κ2) is 10.7. The normalized spacial score (nSPS) is 13.1. The highest BCUT2D eigenvalue weighted by atomic mass is 35.5. The van der Waals surface area contributed by atoms with Gasteiger partial charge in [-0.3, -0.25) is 4.79 Å². The highest BCUT2D eigenvalue weighted by Gasteiger charge is 2.17. The summed E-state index contributed by atoms with van der Waals surface area (Å²) in [5, 5.41) is 9.19. The number of aryl methyl sites for hydroxylation is 2. The molecule has 1 heterocycles. The zero-order valence-corrected chi connectivity index (χ0v) is 16.4. The Labute approximate surface area is 160 Å². The van der Waals surface area contributed by atoms with Gasteiger partial charge < -0.3 is 10.8 Å². The Morgan fingerprint density at radius 2 is 1.84 bits per heavy atom. The first-order valence-electron chi connectivity index (χ1n) is 8.56. The SMILES string of the molecule is CC(N)(CO)CCc1ccc(C(=O)CCCCc2ccccc2)s1.Cl. The van der Waals surface area contributed by atoms with Crippen molar-refractivity contribution in [2.75, 3.05) is 6.61 Å². The first kappa shape index (κ1) is 21.8. The van der Waals surface area contributed by atoms with Gasteiger partial charge in [0.15, 0.2) is 5.78 Å². The second-order valence-corrected chi connectivity index (χ2v) is 7.86. The standard InChI is InChI=1S/C20H27NO2S.ClH/c1-20(21,15-22)14-13-17-11-12-19(24-17)18(23)10-6-5-9-16-7-3-2-4-8-16;/h2-4,7-8,11-12,22H,5-6,9-10,13-15,21H2,1H3;1H. The van der Waals surface area contributed by atoms with Crippen LogP contribution in [0, 0.1) is 0 Å². The molecule has 25 heavy (non-hydrogen) atoms. The molecule has 2 rings (SSSR count). The molecule has 0 fully saturated rings. The van der Waals surface area contributed by atoms with Gasteiger partial charge in [-0.15, -0.1) is 23.7 Å². The van der Waals surface area contributed by atoms with Crippen LogP contribution in [0.25, 0.3) is 0 Å². The van der Waals surface area contributed by atoms with Crippen LogP contribution in [0.4, 0.5) is 0 Å². The molecule has 1 atom stereocenters. The number of rotatable bonds is 10. The molecular weight excluding hydrogens is 354 g/mol. The molecule has 3 nitrogen and oxygen atoms in total. The fourth-order valence-electron chi connectivity index (χ4n) is 2.53. The lowest BCUT2D eigenvalue weighted by Crippen LogP contribution is -2.40. The Kier molecular flexibility index (Phi) is 9.36. The molecule has 1 aromatic heterocycles. The van der Waals surface area contributed by atoms with Crippen molar-refractivity contribution in [2.45, 2.75) is 51.0 Å². The number of aliphatic hydroxyl groups is 1. The summed E-state index contributed by atoms with van der Waals surface area (Å²) >= 11 is 1.56. The van der Waals surface area contributed by atoms with Crippen LogP contribution in [0.2, 0.25) is 0 Å². The van der Waals surface area contributed by atoms with Gasteiger partial charge in [-0.05, 0) is 56.7 Å². The lowest BCUT2D eigenvalue weighted by Gasteiger charge is -2.20. The number of hydrogen-bond donors (Lipinski definition) is 2. The number of carbonyl (C=O) groups is 1. The van der Waals surface area contributed by atoms with Crippen molar-refractivity contribution >= 4 is 29.5 Å². The van der Waals surface area contributed by atoms with Gasteiger partial charge in [-0.25, -0.2) is 0 Å². The quantitative estimate of drug-likeness (QED) is 0.473. The van der Waals surface area contributed by atoms with Crippen molar-refractivity contribution in [3.8, 4) is 0 Å². The number of ketones is 1. The number of halogens is 1. The Bertz CT molecular complexity index is 640.